The number of hydrogen-bond acceptors (Lipinski definition) is 3. The Kier molecular flexibility index (Phi) is 5.18. The van der Waals surface area contributed by atoms with Gasteiger partial charge in [0.1, 0.15) is 4.90 Å². The van der Waals surface area contributed by atoms with Crippen molar-refractivity contribution in [2.75, 3.05) is 12.8 Å². The summed E-state index contributed by atoms with van der Waals surface area (Å²) in [4.78, 5) is -0.480. The van der Waals surface area contributed by atoms with Crippen molar-refractivity contribution in [3.63, 3.8) is 0 Å². The number of benzene rings is 1. The molecule has 0 unspecified atom stereocenters. The molecule has 0 aliphatic rings. The molecule has 2 N–H and O–H groups in total. The average Bonchev–Trinajstić information content (AvgIpc) is 2.34. The molecule has 108 valence electrons. The van der Waals surface area contributed by atoms with Crippen LogP contribution in [0.25, 0.3) is 0 Å². The molecule has 0 fully saturated rings. The van der Waals surface area contributed by atoms with Gasteiger partial charge in [-0.25, -0.2) is 12.8 Å². The molecule has 0 aromatic heterocycles. The predicted octanol–water partition coefficient (Wildman–Crippen LogP) is 2.87. The van der Waals surface area contributed by atoms with Gasteiger partial charge in [0.25, 0.3) is 0 Å². The summed E-state index contributed by atoms with van der Waals surface area (Å²) in [6.45, 7) is 3.76. The van der Waals surface area contributed by atoms with Gasteiger partial charge < -0.3 is 5.73 Å². The second kappa shape index (κ2) is 6.07. The van der Waals surface area contributed by atoms with E-state index in [0.717, 1.165) is 6.07 Å². The summed E-state index contributed by atoms with van der Waals surface area (Å²) in [7, 11) is -2.51. The standard InChI is InChI=1S/C12H18ClFN2O2S/c1-4-9(5-2)16(3)19(17,18)11-7-8(13)6-10(15)12(11)14/h6-7,9H,4-5,15H2,1-3H3. The van der Waals surface area contributed by atoms with Crippen LogP contribution in [0.3, 0.4) is 0 Å². The van der Waals surface area contributed by atoms with Crippen LogP contribution < -0.4 is 5.73 Å². The van der Waals surface area contributed by atoms with E-state index >= 15 is 0 Å². The minimum Gasteiger partial charge on any atom is -0.396 e. The van der Waals surface area contributed by atoms with E-state index < -0.39 is 20.7 Å². The fourth-order valence-corrected chi connectivity index (χ4v) is 3.84. The van der Waals surface area contributed by atoms with E-state index in [-0.39, 0.29) is 16.8 Å². The van der Waals surface area contributed by atoms with Crippen LogP contribution in [-0.4, -0.2) is 25.8 Å². The Morgan fingerprint density at radius 2 is 1.89 bits per heavy atom. The average molecular weight is 309 g/mol. The third-order valence-corrected chi connectivity index (χ3v) is 5.27. The summed E-state index contributed by atoms with van der Waals surface area (Å²) >= 11 is 5.75. The molecular weight excluding hydrogens is 291 g/mol. The lowest BCUT2D eigenvalue weighted by Crippen LogP contribution is -2.36. The van der Waals surface area contributed by atoms with Gasteiger partial charge in [0, 0.05) is 18.1 Å². The van der Waals surface area contributed by atoms with Crippen LogP contribution in [0.4, 0.5) is 10.1 Å². The van der Waals surface area contributed by atoms with Gasteiger partial charge in [0.2, 0.25) is 10.0 Å². The third kappa shape index (κ3) is 3.19. The highest BCUT2D eigenvalue weighted by Gasteiger charge is 2.29. The zero-order valence-corrected chi connectivity index (χ0v) is 12.7. The second-order valence-corrected chi connectivity index (χ2v) is 6.70. The first-order valence-corrected chi connectivity index (χ1v) is 7.80. The van der Waals surface area contributed by atoms with Crippen LogP contribution in [0.2, 0.25) is 5.02 Å². The van der Waals surface area contributed by atoms with Gasteiger partial charge in [-0.3, -0.25) is 0 Å². The van der Waals surface area contributed by atoms with Crippen LogP contribution in [0, 0.1) is 5.82 Å². The monoisotopic (exact) mass is 308 g/mol. The smallest absolute Gasteiger partial charge is 0.246 e. The Labute approximate surface area is 118 Å². The summed E-state index contributed by atoms with van der Waals surface area (Å²) in [5.41, 5.74) is 5.14. The molecule has 0 saturated heterocycles. The van der Waals surface area contributed by atoms with Crippen molar-refractivity contribution in [1.82, 2.24) is 4.31 Å². The minimum atomic E-state index is -3.94. The number of nitrogen functional groups attached to an aromatic ring is 1. The zero-order valence-electron chi connectivity index (χ0n) is 11.2. The Morgan fingerprint density at radius 1 is 1.37 bits per heavy atom. The molecule has 0 amide bonds. The molecule has 0 aliphatic carbocycles. The predicted molar refractivity (Wildman–Crippen MR) is 75.1 cm³/mol. The fraction of sp³-hybridized carbons (Fsp3) is 0.500. The van der Waals surface area contributed by atoms with E-state index in [4.69, 9.17) is 17.3 Å². The Bertz CT molecular complexity index is 559. The van der Waals surface area contributed by atoms with Gasteiger partial charge >= 0.3 is 0 Å². The van der Waals surface area contributed by atoms with E-state index in [0.29, 0.717) is 12.8 Å². The molecule has 1 rings (SSSR count). The second-order valence-electron chi connectivity index (χ2n) is 4.30. The molecule has 0 saturated carbocycles. The number of hydrogen-bond donors (Lipinski definition) is 1. The normalized spacial score (nSPS) is 12.4. The van der Waals surface area contributed by atoms with Crippen LogP contribution >= 0.6 is 11.6 Å². The Balaban J connectivity index is 3.35. The topological polar surface area (TPSA) is 63.4 Å². The van der Waals surface area contributed by atoms with Crippen LogP contribution in [0.15, 0.2) is 17.0 Å². The highest BCUT2D eigenvalue weighted by Crippen LogP contribution is 2.28. The van der Waals surface area contributed by atoms with Crippen molar-refractivity contribution in [1.29, 1.82) is 0 Å². The third-order valence-electron chi connectivity index (χ3n) is 3.15. The lowest BCUT2D eigenvalue weighted by Gasteiger charge is -2.25. The molecule has 0 atom stereocenters. The first-order valence-electron chi connectivity index (χ1n) is 5.98. The minimum absolute atomic E-state index is 0.0930. The van der Waals surface area contributed by atoms with Gasteiger partial charge in [0.05, 0.1) is 5.69 Å². The van der Waals surface area contributed by atoms with E-state index in [9.17, 15) is 12.8 Å². The molecule has 0 bridgehead atoms. The lowest BCUT2D eigenvalue weighted by molar-refractivity contribution is 0.348. The van der Waals surface area contributed by atoms with E-state index in [1.54, 1.807) is 0 Å². The van der Waals surface area contributed by atoms with E-state index in [1.165, 1.54) is 17.4 Å². The molecule has 0 heterocycles. The molecule has 4 nitrogen and oxygen atoms in total. The van der Waals surface area contributed by atoms with Crippen molar-refractivity contribution in [3.8, 4) is 0 Å². The summed E-state index contributed by atoms with van der Waals surface area (Å²) in [6.07, 6.45) is 1.29. The highest BCUT2D eigenvalue weighted by atomic mass is 35.5. The first-order chi connectivity index (χ1) is 8.75. The van der Waals surface area contributed by atoms with Crippen LogP contribution in [-0.2, 0) is 10.0 Å². The number of nitrogens with two attached hydrogens (primary N) is 1. The maximum atomic E-state index is 13.9. The van der Waals surface area contributed by atoms with Gasteiger partial charge in [-0.15, -0.1) is 0 Å². The van der Waals surface area contributed by atoms with Crippen molar-refractivity contribution < 1.29 is 12.8 Å². The maximum Gasteiger partial charge on any atom is 0.246 e. The molecule has 0 radical (unpaired) electrons. The molecule has 1 aromatic rings. The summed E-state index contributed by atoms with van der Waals surface area (Å²) < 4.78 is 39.9. The molecule has 1 aromatic carbocycles. The van der Waals surface area contributed by atoms with Crippen molar-refractivity contribution in [2.45, 2.75) is 37.6 Å². The number of sulfonamides is 1. The largest absolute Gasteiger partial charge is 0.396 e. The quantitative estimate of drug-likeness (QED) is 0.851. The zero-order chi connectivity index (χ0) is 14.8. The van der Waals surface area contributed by atoms with Gasteiger partial charge in [-0.1, -0.05) is 25.4 Å². The fourth-order valence-electron chi connectivity index (χ4n) is 1.93. The molecule has 7 heteroatoms. The Hall–Kier alpha value is -0.850. The van der Waals surface area contributed by atoms with E-state index in [1.807, 2.05) is 13.8 Å². The van der Waals surface area contributed by atoms with Crippen LogP contribution in [0.1, 0.15) is 26.7 Å². The Morgan fingerprint density at radius 3 is 2.37 bits per heavy atom. The SMILES string of the molecule is CCC(CC)N(C)S(=O)(=O)c1cc(Cl)cc(N)c1F. The van der Waals surface area contributed by atoms with Gasteiger partial charge in [-0.05, 0) is 25.0 Å². The number of anilines is 1. The number of halogens is 2. The number of nitrogens with zero attached hydrogens (tertiary/aromatic N) is 1. The van der Waals surface area contributed by atoms with Gasteiger partial charge in [-0.2, -0.15) is 4.31 Å². The van der Waals surface area contributed by atoms with E-state index in [2.05, 4.69) is 0 Å². The van der Waals surface area contributed by atoms with Crippen molar-refractivity contribution in [3.05, 3.63) is 23.0 Å². The van der Waals surface area contributed by atoms with Crippen LogP contribution in [0.5, 0.6) is 0 Å². The molecule has 19 heavy (non-hydrogen) atoms. The number of rotatable bonds is 5. The highest BCUT2D eigenvalue weighted by molar-refractivity contribution is 7.89. The first kappa shape index (κ1) is 16.2. The summed E-state index contributed by atoms with van der Waals surface area (Å²) in [6, 6.07) is 2.08. The summed E-state index contributed by atoms with van der Waals surface area (Å²) in [5.74, 6) is -0.956. The van der Waals surface area contributed by atoms with Gasteiger partial charge in [0.15, 0.2) is 5.82 Å². The molecule has 0 spiro atoms. The van der Waals surface area contributed by atoms with Crippen molar-refractivity contribution >= 4 is 27.3 Å². The molecular formula is C12H18ClFN2O2S. The van der Waals surface area contributed by atoms with Crippen molar-refractivity contribution in [2.24, 2.45) is 0 Å². The summed E-state index contributed by atoms with van der Waals surface area (Å²) in [5, 5.41) is 0.0930. The lowest BCUT2D eigenvalue weighted by atomic mass is 10.2. The molecule has 0 aliphatic heterocycles. The maximum absolute atomic E-state index is 13.9.